The van der Waals surface area contributed by atoms with Gasteiger partial charge in [-0.05, 0) is 87.0 Å². The summed E-state index contributed by atoms with van der Waals surface area (Å²) in [5, 5.41) is 0. The number of carbonyl (C=O) groups excluding carboxylic acids is 1. The molecule has 3 heteroatoms. The standard InChI is InChI=1S/C24H30N2O/c1-19(25-14-5-6-15-25)22-8-7-9-23(18-22)20-10-12-21(13-11-20)24(27)26-16-3-2-4-17-26/h7-13,18-19H,2-6,14-17H2,1H3. The van der Waals surface area contributed by atoms with Crippen molar-refractivity contribution >= 4 is 5.91 Å². The van der Waals surface area contributed by atoms with E-state index in [0.29, 0.717) is 6.04 Å². The summed E-state index contributed by atoms with van der Waals surface area (Å²) in [4.78, 5) is 17.2. The molecule has 27 heavy (non-hydrogen) atoms. The van der Waals surface area contributed by atoms with E-state index in [4.69, 9.17) is 0 Å². The molecule has 2 fully saturated rings. The van der Waals surface area contributed by atoms with Crippen molar-refractivity contribution in [3.63, 3.8) is 0 Å². The molecule has 0 aliphatic carbocycles. The van der Waals surface area contributed by atoms with Gasteiger partial charge in [-0.3, -0.25) is 9.69 Å². The number of piperidine rings is 1. The van der Waals surface area contributed by atoms with Crippen molar-refractivity contribution in [3.05, 3.63) is 59.7 Å². The summed E-state index contributed by atoms with van der Waals surface area (Å²) in [7, 11) is 0. The summed E-state index contributed by atoms with van der Waals surface area (Å²) in [5.41, 5.74) is 4.60. The third-order valence-electron chi connectivity index (χ3n) is 6.17. The molecule has 1 atom stereocenters. The number of amides is 1. The maximum Gasteiger partial charge on any atom is 0.253 e. The maximum atomic E-state index is 12.7. The lowest BCUT2D eigenvalue weighted by Crippen LogP contribution is -2.35. The Labute approximate surface area is 163 Å². The van der Waals surface area contributed by atoms with Gasteiger partial charge in [-0.1, -0.05) is 30.3 Å². The molecule has 1 unspecified atom stereocenters. The van der Waals surface area contributed by atoms with Crippen molar-refractivity contribution in [1.29, 1.82) is 0 Å². The summed E-state index contributed by atoms with van der Waals surface area (Å²) in [5.74, 6) is 0.178. The molecule has 0 saturated carbocycles. The van der Waals surface area contributed by atoms with Crippen molar-refractivity contribution in [2.75, 3.05) is 26.2 Å². The van der Waals surface area contributed by atoms with E-state index in [1.165, 1.54) is 49.0 Å². The van der Waals surface area contributed by atoms with E-state index in [9.17, 15) is 4.79 Å². The summed E-state index contributed by atoms with van der Waals surface area (Å²) in [6.45, 7) is 6.52. The monoisotopic (exact) mass is 362 g/mol. The zero-order chi connectivity index (χ0) is 18.6. The Kier molecular flexibility index (Phi) is 5.58. The van der Waals surface area contributed by atoms with Gasteiger partial charge < -0.3 is 4.90 Å². The van der Waals surface area contributed by atoms with E-state index in [-0.39, 0.29) is 5.91 Å². The average Bonchev–Trinajstić information content (AvgIpc) is 3.28. The topological polar surface area (TPSA) is 23.6 Å². The van der Waals surface area contributed by atoms with Gasteiger partial charge in [0.2, 0.25) is 0 Å². The van der Waals surface area contributed by atoms with Gasteiger partial charge in [-0.25, -0.2) is 0 Å². The maximum absolute atomic E-state index is 12.7. The molecule has 2 aliphatic heterocycles. The summed E-state index contributed by atoms with van der Waals surface area (Å²) in [6.07, 6.45) is 6.14. The van der Waals surface area contributed by atoms with Crippen LogP contribution < -0.4 is 0 Å². The molecule has 3 nitrogen and oxygen atoms in total. The Balaban J connectivity index is 1.50. The number of nitrogens with zero attached hydrogens (tertiary/aromatic N) is 2. The van der Waals surface area contributed by atoms with Crippen LogP contribution in [0.25, 0.3) is 11.1 Å². The Morgan fingerprint density at radius 2 is 1.48 bits per heavy atom. The minimum atomic E-state index is 0.178. The SMILES string of the molecule is CC(c1cccc(-c2ccc(C(=O)N3CCCCC3)cc2)c1)N1CCCC1. The van der Waals surface area contributed by atoms with E-state index in [1.54, 1.807) is 0 Å². The summed E-state index contributed by atoms with van der Waals surface area (Å²) in [6, 6.07) is 17.5. The first-order valence-electron chi connectivity index (χ1n) is 10.5. The van der Waals surface area contributed by atoms with Gasteiger partial charge in [0.25, 0.3) is 5.91 Å². The molecule has 2 aliphatic rings. The normalized spacial score (nSPS) is 19.2. The fourth-order valence-electron chi connectivity index (χ4n) is 4.40. The fraction of sp³-hybridized carbons (Fsp3) is 0.458. The highest BCUT2D eigenvalue weighted by molar-refractivity contribution is 5.94. The zero-order valence-corrected chi connectivity index (χ0v) is 16.4. The Bertz CT molecular complexity index is 771. The van der Waals surface area contributed by atoms with E-state index in [2.05, 4.69) is 48.2 Å². The van der Waals surface area contributed by atoms with Crippen molar-refractivity contribution in [2.45, 2.75) is 45.1 Å². The molecule has 4 rings (SSSR count). The van der Waals surface area contributed by atoms with Crippen LogP contribution in [0.15, 0.2) is 48.5 Å². The second-order valence-electron chi connectivity index (χ2n) is 7.97. The first kappa shape index (κ1) is 18.2. The molecule has 2 aromatic carbocycles. The number of carbonyl (C=O) groups is 1. The summed E-state index contributed by atoms with van der Waals surface area (Å²) >= 11 is 0. The lowest BCUT2D eigenvalue weighted by atomic mass is 9.98. The second kappa shape index (κ2) is 8.26. The highest BCUT2D eigenvalue weighted by Crippen LogP contribution is 2.28. The van der Waals surface area contributed by atoms with E-state index in [0.717, 1.165) is 31.5 Å². The number of hydrogen-bond donors (Lipinski definition) is 0. The number of hydrogen-bond acceptors (Lipinski definition) is 2. The molecular weight excluding hydrogens is 332 g/mol. The van der Waals surface area contributed by atoms with Crippen LogP contribution in [-0.4, -0.2) is 41.9 Å². The molecule has 142 valence electrons. The van der Waals surface area contributed by atoms with Crippen LogP contribution in [0.3, 0.4) is 0 Å². The largest absolute Gasteiger partial charge is 0.339 e. The predicted octanol–water partition coefficient (Wildman–Crippen LogP) is 5.14. The number of likely N-dealkylation sites (tertiary alicyclic amines) is 2. The van der Waals surface area contributed by atoms with Crippen LogP contribution in [0.5, 0.6) is 0 Å². The van der Waals surface area contributed by atoms with Crippen LogP contribution in [0.4, 0.5) is 0 Å². The van der Waals surface area contributed by atoms with E-state index >= 15 is 0 Å². The molecule has 2 saturated heterocycles. The van der Waals surface area contributed by atoms with Gasteiger partial charge in [-0.2, -0.15) is 0 Å². The van der Waals surface area contributed by atoms with Crippen molar-refractivity contribution in [1.82, 2.24) is 9.80 Å². The van der Waals surface area contributed by atoms with Gasteiger partial charge in [0.15, 0.2) is 0 Å². The van der Waals surface area contributed by atoms with Gasteiger partial charge in [-0.15, -0.1) is 0 Å². The molecule has 0 bridgehead atoms. The molecule has 0 radical (unpaired) electrons. The zero-order valence-electron chi connectivity index (χ0n) is 16.4. The van der Waals surface area contributed by atoms with Crippen LogP contribution in [-0.2, 0) is 0 Å². The van der Waals surface area contributed by atoms with Crippen LogP contribution in [0.1, 0.15) is 61.0 Å². The lowest BCUT2D eigenvalue weighted by molar-refractivity contribution is 0.0724. The summed E-state index contributed by atoms with van der Waals surface area (Å²) < 4.78 is 0. The lowest BCUT2D eigenvalue weighted by Gasteiger charge is -2.26. The first-order chi connectivity index (χ1) is 13.2. The molecule has 0 spiro atoms. The Morgan fingerprint density at radius 3 is 2.19 bits per heavy atom. The first-order valence-corrected chi connectivity index (χ1v) is 10.5. The molecule has 0 aromatic heterocycles. The van der Waals surface area contributed by atoms with Gasteiger partial charge in [0.1, 0.15) is 0 Å². The third-order valence-corrected chi connectivity index (χ3v) is 6.17. The predicted molar refractivity (Wildman–Crippen MR) is 111 cm³/mol. The van der Waals surface area contributed by atoms with E-state index < -0.39 is 0 Å². The van der Waals surface area contributed by atoms with Crippen LogP contribution >= 0.6 is 0 Å². The highest BCUT2D eigenvalue weighted by atomic mass is 16.2. The second-order valence-corrected chi connectivity index (χ2v) is 7.97. The number of rotatable bonds is 4. The minimum absolute atomic E-state index is 0.178. The number of benzene rings is 2. The fourth-order valence-corrected chi connectivity index (χ4v) is 4.40. The minimum Gasteiger partial charge on any atom is -0.339 e. The van der Waals surface area contributed by atoms with E-state index in [1.807, 2.05) is 17.0 Å². The van der Waals surface area contributed by atoms with Gasteiger partial charge >= 0.3 is 0 Å². The van der Waals surface area contributed by atoms with Gasteiger partial charge in [0, 0.05) is 24.7 Å². The van der Waals surface area contributed by atoms with Crippen molar-refractivity contribution in [3.8, 4) is 11.1 Å². The van der Waals surface area contributed by atoms with Crippen molar-refractivity contribution < 1.29 is 4.79 Å². The molecule has 1 amide bonds. The molecular formula is C24H30N2O. The molecule has 2 aromatic rings. The Morgan fingerprint density at radius 1 is 0.815 bits per heavy atom. The highest BCUT2D eigenvalue weighted by Gasteiger charge is 2.20. The quantitative estimate of drug-likeness (QED) is 0.752. The Hall–Kier alpha value is -2.13. The third kappa shape index (κ3) is 4.08. The van der Waals surface area contributed by atoms with Crippen LogP contribution in [0.2, 0.25) is 0 Å². The van der Waals surface area contributed by atoms with Gasteiger partial charge in [0.05, 0.1) is 0 Å². The van der Waals surface area contributed by atoms with Crippen molar-refractivity contribution in [2.24, 2.45) is 0 Å². The molecule has 0 N–H and O–H groups in total. The average molecular weight is 363 g/mol. The van der Waals surface area contributed by atoms with Crippen LogP contribution in [0, 0.1) is 0 Å². The molecule has 2 heterocycles. The smallest absolute Gasteiger partial charge is 0.253 e.